The summed E-state index contributed by atoms with van der Waals surface area (Å²) < 4.78 is 1.55. The molecule has 2 aromatic rings. The van der Waals surface area contributed by atoms with Crippen molar-refractivity contribution >= 4 is 11.6 Å². The second-order valence-corrected chi connectivity index (χ2v) is 4.25. The van der Waals surface area contributed by atoms with E-state index in [1.165, 1.54) is 6.33 Å². The highest BCUT2D eigenvalue weighted by Gasteiger charge is 2.21. The van der Waals surface area contributed by atoms with Gasteiger partial charge in [0, 0.05) is 7.05 Å². The first-order chi connectivity index (χ1) is 8.99. The van der Waals surface area contributed by atoms with Crippen LogP contribution >= 0.6 is 0 Å². The van der Waals surface area contributed by atoms with Crippen LogP contribution in [0.15, 0.2) is 30.6 Å². The maximum atomic E-state index is 10.9. The molecule has 0 radical (unpaired) electrons. The number of nitrogens with zero attached hydrogens (tertiary/aromatic N) is 3. The van der Waals surface area contributed by atoms with Crippen molar-refractivity contribution in [1.82, 2.24) is 9.55 Å². The highest BCUT2D eigenvalue weighted by Crippen LogP contribution is 2.27. The standard InChI is InChI=1S/C12H14N4O3/c1-8(9-4-3-5-10(17)6-9)14-12-11(16(18)19)13-7-15(12)2/h3-8,14,17H,1-2H3. The topological polar surface area (TPSA) is 93.2 Å². The molecule has 2 N–H and O–H groups in total. The molecule has 7 nitrogen and oxygen atoms in total. The van der Waals surface area contributed by atoms with Crippen molar-refractivity contribution in [1.29, 1.82) is 0 Å². The molecule has 0 aliphatic heterocycles. The Morgan fingerprint density at radius 3 is 2.89 bits per heavy atom. The number of imidazole rings is 1. The molecular weight excluding hydrogens is 248 g/mol. The van der Waals surface area contributed by atoms with Gasteiger partial charge in [0.1, 0.15) is 5.75 Å². The molecule has 0 fully saturated rings. The van der Waals surface area contributed by atoms with Crippen LogP contribution in [-0.4, -0.2) is 19.6 Å². The second-order valence-electron chi connectivity index (χ2n) is 4.25. The van der Waals surface area contributed by atoms with Gasteiger partial charge >= 0.3 is 5.82 Å². The van der Waals surface area contributed by atoms with Crippen molar-refractivity contribution in [2.45, 2.75) is 13.0 Å². The highest BCUT2D eigenvalue weighted by atomic mass is 16.6. The third-order valence-corrected chi connectivity index (χ3v) is 2.81. The van der Waals surface area contributed by atoms with Gasteiger partial charge in [-0.2, -0.15) is 0 Å². The van der Waals surface area contributed by atoms with E-state index in [4.69, 9.17) is 0 Å². The monoisotopic (exact) mass is 262 g/mol. The number of hydrogen-bond donors (Lipinski definition) is 2. The van der Waals surface area contributed by atoms with Crippen LogP contribution in [-0.2, 0) is 7.05 Å². The molecule has 1 aromatic heterocycles. The van der Waals surface area contributed by atoms with Crippen LogP contribution in [0.2, 0.25) is 0 Å². The zero-order chi connectivity index (χ0) is 14.0. The number of rotatable bonds is 4. The second kappa shape index (κ2) is 4.97. The number of nitro groups is 1. The number of benzene rings is 1. The van der Waals surface area contributed by atoms with Crippen LogP contribution in [0.1, 0.15) is 18.5 Å². The summed E-state index contributed by atoms with van der Waals surface area (Å²) in [4.78, 5) is 14.1. The minimum absolute atomic E-state index is 0.158. The average molecular weight is 262 g/mol. The highest BCUT2D eigenvalue weighted by molar-refractivity contribution is 5.53. The molecule has 0 bridgehead atoms. The van der Waals surface area contributed by atoms with Crippen LogP contribution < -0.4 is 5.32 Å². The van der Waals surface area contributed by atoms with Crippen LogP contribution in [0.25, 0.3) is 0 Å². The Morgan fingerprint density at radius 1 is 1.53 bits per heavy atom. The number of anilines is 1. The largest absolute Gasteiger partial charge is 0.508 e. The molecule has 7 heteroatoms. The van der Waals surface area contributed by atoms with Crippen molar-refractivity contribution in [3.05, 3.63) is 46.3 Å². The van der Waals surface area contributed by atoms with E-state index in [-0.39, 0.29) is 17.6 Å². The third kappa shape index (κ3) is 2.65. The number of aromatic hydroxyl groups is 1. The van der Waals surface area contributed by atoms with Crippen LogP contribution in [0.3, 0.4) is 0 Å². The SMILES string of the molecule is CC(Nc1c([N+](=O)[O-])ncn1C)c1cccc(O)c1. The Balaban J connectivity index is 2.26. The van der Waals surface area contributed by atoms with E-state index < -0.39 is 4.92 Å². The van der Waals surface area contributed by atoms with Gasteiger partial charge in [0.2, 0.25) is 12.1 Å². The minimum atomic E-state index is -0.530. The fraction of sp³-hybridized carbons (Fsp3) is 0.250. The summed E-state index contributed by atoms with van der Waals surface area (Å²) in [5.74, 6) is 0.279. The smallest absolute Gasteiger partial charge is 0.406 e. The minimum Gasteiger partial charge on any atom is -0.508 e. The molecule has 0 amide bonds. The molecule has 1 unspecified atom stereocenters. The van der Waals surface area contributed by atoms with E-state index in [1.807, 2.05) is 13.0 Å². The lowest BCUT2D eigenvalue weighted by molar-refractivity contribution is -0.388. The van der Waals surface area contributed by atoms with E-state index in [1.54, 1.807) is 29.8 Å². The van der Waals surface area contributed by atoms with Gasteiger partial charge in [-0.1, -0.05) is 12.1 Å². The molecule has 0 saturated carbocycles. The van der Waals surface area contributed by atoms with Gasteiger partial charge in [-0.15, -0.1) is 0 Å². The first-order valence-corrected chi connectivity index (χ1v) is 5.70. The molecule has 19 heavy (non-hydrogen) atoms. The molecule has 1 atom stereocenters. The Labute approximate surface area is 109 Å². The number of phenolic OH excluding ortho intramolecular Hbond substituents is 1. The zero-order valence-electron chi connectivity index (χ0n) is 10.6. The first kappa shape index (κ1) is 12.9. The van der Waals surface area contributed by atoms with Gasteiger partial charge < -0.3 is 20.5 Å². The molecule has 100 valence electrons. The zero-order valence-corrected chi connectivity index (χ0v) is 10.6. The predicted octanol–water partition coefficient (Wildman–Crippen LogP) is 2.21. The van der Waals surface area contributed by atoms with E-state index in [2.05, 4.69) is 10.3 Å². The Morgan fingerprint density at radius 2 is 2.26 bits per heavy atom. The van der Waals surface area contributed by atoms with Crippen molar-refractivity contribution < 1.29 is 10.0 Å². The fourth-order valence-electron chi connectivity index (χ4n) is 1.80. The molecule has 0 spiro atoms. The lowest BCUT2D eigenvalue weighted by Crippen LogP contribution is -2.10. The third-order valence-electron chi connectivity index (χ3n) is 2.81. The Bertz CT molecular complexity index is 609. The van der Waals surface area contributed by atoms with Crippen molar-refractivity contribution in [3.63, 3.8) is 0 Å². The summed E-state index contributed by atoms with van der Waals surface area (Å²) in [5, 5.41) is 23.3. The van der Waals surface area contributed by atoms with Gasteiger partial charge in [0.15, 0.2) is 0 Å². The quantitative estimate of drug-likeness (QED) is 0.650. The van der Waals surface area contributed by atoms with Crippen molar-refractivity contribution in [2.24, 2.45) is 7.05 Å². The first-order valence-electron chi connectivity index (χ1n) is 5.70. The summed E-state index contributed by atoms with van der Waals surface area (Å²) in [6.07, 6.45) is 1.38. The summed E-state index contributed by atoms with van der Waals surface area (Å²) in [6, 6.07) is 6.55. The summed E-state index contributed by atoms with van der Waals surface area (Å²) >= 11 is 0. The molecule has 1 aromatic carbocycles. The summed E-state index contributed by atoms with van der Waals surface area (Å²) in [6.45, 7) is 1.85. The Kier molecular flexibility index (Phi) is 3.37. The van der Waals surface area contributed by atoms with E-state index in [0.29, 0.717) is 5.82 Å². The van der Waals surface area contributed by atoms with Gasteiger partial charge in [0.05, 0.1) is 6.04 Å². The summed E-state index contributed by atoms with van der Waals surface area (Å²) in [5.41, 5.74) is 0.829. The maximum Gasteiger partial charge on any atom is 0.406 e. The van der Waals surface area contributed by atoms with E-state index in [9.17, 15) is 15.2 Å². The van der Waals surface area contributed by atoms with Gasteiger partial charge in [0.25, 0.3) is 0 Å². The number of nitrogens with one attached hydrogen (secondary N) is 1. The Hall–Kier alpha value is -2.57. The van der Waals surface area contributed by atoms with Crippen LogP contribution in [0.5, 0.6) is 5.75 Å². The lowest BCUT2D eigenvalue weighted by atomic mass is 10.1. The van der Waals surface area contributed by atoms with Gasteiger partial charge in [-0.25, -0.2) is 0 Å². The number of aromatic nitrogens is 2. The molecule has 0 saturated heterocycles. The molecule has 2 rings (SSSR count). The van der Waals surface area contributed by atoms with E-state index in [0.717, 1.165) is 5.56 Å². The molecule has 0 aliphatic carbocycles. The predicted molar refractivity (Wildman–Crippen MR) is 70.0 cm³/mol. The molecule has 0 aliphatic rings. The van der Waals surface area contributed by atoms with E-state index >= 15 is 0 Å². The van der Waals surface area contributed by atoms with Crippen LogP contribution in [0, 0.1) is 10.1 Å². The average Bonchev–Trinajstić information content (AvgIpc) is 2.71. The number of phenols is 1. The lowest BCUT2D eigenvalue weighted by Gasteiger charge is -2.15. The molecule has 1 heterocycles. The van der Waals surface area contributed by atoms with Gasteiger partial charge in [-0.05, 0) is 34.5 Å². The van der Waals surface area contributed by atoms with Crippen LogP contribution in [0.4, 0.5) is 11.6 Å². The van der Waals surface area contributed by atoms with Crippen molar-refractivity contribution in [3.8, 4) is 5.75 Å². The number of hydrogen-bond acceptors (Lipinski definition) is 5. The number of aryl methyl sites for hydroxylation is 1. The van der Waals surface area contributed by atoms with Gasteiger partial charge in [-0.3, -0.25) is 4.57 Å². The molecular formula is C12H14N4O3. The maximum absolute atomic E-state index is 10.9. The fourth-order valence-corrected chi connectivity index (χ4v) is 1.80. The summed E-state index contributed by atoms with van der Waals surface area (Å²) in [7, 11) is 1.68. The van der Waals surface area contributed by atoms with Crippen molar-refractivity contribution in [2.75, 3.05) is 5.32 Å². The normalized spacial score (nSPS) is 12.1.